The van der Waals surface area contributed by atoms with Crippen molar-refractivity contribution in [1.82, 2.24) is 19.4 Å². The molecule has 0 aliphatic carbocycles. The Bertz CT molecular complexity index is 1370. The highest BCUT2D eigenvalue weighted by molar-refractivity contribution is 7.09. The van der Waals surface area contributed by atoms with Gasteiger partial charge in [-0.3, -0.25) is 14.5 Å². The normalized spacial score (nSPS) is 14.2. The fraction of sp³-hybridized carbons (Fsp3) is 0.321. The zero-order valence-corrected chi connectivity index (χ0v) is 22.2. The van der Waals surface area contributed by atoms with Crippen molar-refractivity contribution in [2.45, 2.75) is 20.4 Å². The van der Waals surface area contributed by atoms with E-state index in [4.69, 9.17) is 4.42 Å². The number of hydrogen-bond acceptors (Lipinski definition) is 6. The molecule has 5 rings (SSSR count). The Morgan fingerprint density at radius 1 is 1.05 bits per heavy atom. The number of anilines is 1. The number of aromatic nitrogens is 2. The maximum absolute atomic E-state index is 13.6. The number of carbonyl (C=O) groups is 2. The van der Waals surface area contributed by atoms with Crippen LogP contribution in [0.15, 0.2) is 64.6 Å². The van der Waals surface area contributed by atoms with E-state index in [1.165, 1.54) is 0 Å². The molecular weight excluding hydrogens is 486 g/mol. The Hall–Kier alpha value is -3.69. The van der Waals surface area contributed by atoms with Gasteiger partial charge in [0.1, 0.15) is 5.76 Å². The number of rotatable bonds is 7. The van der Waals surface area contributed by atoms with Crippen LogP contribution in [-0.4, -0.2) is 70.9 Å². The van der Waals surface area contributed by atoms with Crippen LogP contribution in [0.2, 0.25) is 0 Å². The van der Waals surface area contributed by atoms with Gasteiger partial charge in [0.2, 0.25) is 5.91 Å². The molecule has 1 saturated heterocycles. The lowest BCUT2D eigenvalue weighted by Crippen LogP contribution is -2.51. The third kappa shape index (κ3) is 5.38. The average molecular weight is 518 g/mol. The van der Waals surface area contributed by atoms with Crippen LogP contribution in [0.3, 0.4) is 0 Å². The maximum Gasteiger partial charge on any atom is 0.255 e. The standard InChI is InChI=1S/C28H31N5O3S/c1-20-24(16-26(25-19-37-21(2)29-25)33(20)17-23-10-7-15-36-23)28(35)32-13-11-31(12-14-32)18-27(34)30(3)22-8-5-4-6-9-22/h4-10,15-16,19H,11-14,17-18H2,1-3H3. The zero-order valence-electron chi connectivity index (χ0n) is 21.4. The molecule has 0 N–H and O–H groups in total. The second kappa shape index (κ2) is 10.7. The van der Waals surface area contributed by atoms with E-state index in [1.807, 2.05) is 72.7 Å². The summed E-state index contributed by atoms with van der Waals surface area (Å²) in [5.74, 6) is 0.876. The van der Waals surface area contributed by atoms with Gasteiger partial charge >= 0.3 is 0 Å². The molecule has 3 aromatic heterocycles. The van der Waals surface area contributed by atoms with E-state index >= 15 is 0 Å². The minimum Gasteiger partial charge on any atom is -0.467 e. The number of furan rings is 1. The van der Waals surface area contributed by atoms with Crippen LogP contribution in [-0.2, 0) is 11.3 Å². The molecule has 0 saturated carbocycles. The lowest BCUT2D eigenvalue weighted by molar-refractivity contribution is -0.119. The lowest BCUT2D eigenvalue weighted by Gasteiger charge is -2.35. The summed E-state index contributed by atoms with van der Waals surface area (Å²) in [7, 11) is 1.80. The van der Waals surface area contributed by atoms with Crippen LogP contribution in [0.4, 0.5) is 5.69 Å². The first-order valence-corrected chi connectivity index (χ1v) is 13.3. The Morgan fingerprint density at radius 3 is 2.46 bits per heavy atom. The van der Waals surface area contributed by atoms with Crippen LogP contribution in [0.5, 0.6) is 0 Å². The molecule has 4 aromatic rings. The van der Waals surface area contributed by atoms with Crippen molar-refractivity contribution in [3.8, 4) is 11.4 Å². The molecule has 1 fully saturated rings. The van der Waals surface area contributed by atoms with E-state index in [0.29, 0.717) is 44.8 Å². The van der Waals surface area contributed by atoms with Gasteiger partial charge in [0, 0.05) is 50.0 Å². The lowest BCUT2D eigenvalue weighted by atomic mass is 10.2. The zero-order chi connectivity index (χ0) is 25.9. The molecule has 1 aliphatic rings. The summed E-state index contributed by atoms with van der Waals surface area (Å²) in [6.45, 7) is 7.29. The molecular formula is C28H31N5O3S. The largest absolute Gasteiger partial charge is 0.467 e. The van der Waals surface area contributed by atoms with Crippen molar-refractivity contribution in [2.24, 2.45) is 0 Å². The van der Waals surface area contributed by atoms with Crippen LogP contribution < -0.4 is 4.90 Å². The Labute approximate surface area is 220 Å². The first kappa shape index (κ1) is 25.0. The number of amides is 2. The first-order chi connectivity index (χ1) is 17.9. The number of nitrogens with zero attached hydrogens (tertiary/aromatic N) is 5. The number of benzene rings is 1. The quantitative estimate of drug-likeness (QED) is 0.366. The Morgan fingerprint density at radius 2 is 1.81 bits per heavy atom. The molecule has 2 amide bonds. The van der Waals surface area contributed by atoms with Gasteiger partial charge in [-0.25, -0.2) is 4.98 Å². The van der Waals surface area contributed by atoms with Gasteiger partial charge in [-0.1, -0.05) is 18.2 Å². The highest BCUT2D eigenvalue weighted by Crippen LogP contribution is 2.29. The van der Waals surface area contributed by atoms with Crippen molar-refractivity contribution >= 4 is 28.8 Å². The molecule has 0 radical (unpaired) electrons. The molecule has 9 heteroatoms. The molecule has 0 spiro atoms. The Kier molecular flexibility index (Phi) is 7.25. The molecule has 4 heterocycles. The van der Waals surface area contributed by atoms with E-state index in [2.05, 4.69) is 14.5 Å². The molecule has 0 atom stereocenters. The monoisotopic (exact) mass is 517 g/mol. The van der Waals surface area contributed by atoms with Crippen molar-refractivity contribution in [2.75, 3.05) is 44.7 Å². The third-order valence-electron chi connectivity index (χ3n) is 6.91. The number of para-hydroxylation sites is 1. The summed E-state index contributed by atoms with van der Waals surface area (Å²) in [4.78, 5) is 36.8. The van der Waals surface area contributed by atoms with Crippen LogP contribution in [0.25, 0.3) is 11.4 Å². The molecule has 0 bridgehead atoms. The highest BCUT2D eigenvalue weighted by Gasteiger charge is 2.28. The fourth-order valence-electron chi connectivity index (χ4n) is 4.69. The third-order valence-corrected chi connectivity index (χ3v) is 7.68. The summed E-state index contributed by atoms with van der Waals surface area (Å²) < 4.78 is 7.70. The second-order valence-corrected chi connectivity index (χ2v) is 10.4. The van der Waals surface area contributed by atoms with Crippen molar-refractivity contribution in [3.05, 3.63) is 82.2 Å². The van der Waals surface area contributed by atoms with E-state index < -0.39 is 0 Å². The van der Waals surface area contributed by atoms with Gasteiger partial charge < -0.3 is 18.8 Å². The van der Waals surface area contributed by atoms with Gasteiger partial charge in [0.05, 0.1) is 41.3 Å². The topological polar surface area (TPSA) is 74.8 Å². The molecule has 1 aromatic carbocycles. The second-order valence-electron chi connectivity index (χ2n) is 9.30. The Balaban J connectivity index is 1.28. The number of likely N-dealkylation sites (N-methyl/N-ethyl adjacent to an activating group) is 1. The van der Waals surface area contributed by atoms with E-state index in [1.54, 1.807) is 29.5 Å². The van der Waals surface area contributed by atoms with Crippen molar-refractivity contribution in [3.63, 3.8) is 0 Å². The van der Waals surface area contributed by atoms with Gasteiger partial charge in [0.25, 0.3) is 5.91 Å². The van der Waals surface area contributed by atoms with Crippen molar-refractivity contribution < 1.29 is 14.0 Å². The summed E-state index contributed by atoms with van der Waals surface area (Å²) in [5, 5.41) is 3.01. The molecule has 1 aliphatic heterocycles. The van der Waals surface area contributed by atoms with Crippen LogP contribution >= 0.6 is 11.3 Å². The average Bonchev–Trinajstić information content (AvgIpc) is 3.66. The molecule has 8 nitrogen and oxygen atoms in total. The van der Waals surface area contributed by atoms with E-state index in [-0.39, 0.29) is 11.8 Å². The highest BCUT2D eigenvalue weighted by atomic mass is 32.1. The molecule has 37 heavy (non-hydrogen) atoms. The van der Waals surface area contributed by atoms with Crippen LogP contribution in [0.1, 0.15) is 26.8 Å². The summed E-state index contributed by atoms with van der Waals surface area (Å²) in [6, 6.07) is 15.4. The number of aryl methyl sites for hydroxylation is 1. The van der Waals surface area contributed by atoms with E-state index in [0.717, 1.165) is 33.5 Å². The first-order valence-electron chi connectivity index (χ1n) is 12.4. The number of carbonyl (C=O) groups excluding carboxylic acids is 2. The van der Waals surface area contributed by atoms with Gasteiger partial charge in [-0.05, 0) is 44.2 Å². The maximum atomic E-state index is 13.6. The fourth-order valence-corrected chi connectivity index (χ4v) is 5.30. The summed E-state index contributed by atoms with van der Waals surface area (Å²) >= 11 is 1.59. The number of thiazole rings is 1. The summed E-state index contributed by atoms with van der Waals surface area (Å²) in [6.07, 6.45) is 1.66. The predicted octanol–water partition coefficient (Wildman–Crippen LogP) is 4.29. The molecule has 192 valence electrons. The van der Waals surface area contributed by atoms with Gasteiger partial charge in [-0.15, -0.1) is 11.3 Å². The molecule has 0 unspecified atom stereocenters. The number of piperazine rings is 1. The summed E-state index contributed by atoms with van der Waals surface area (Å²) in [5.41, 5.74) is 4.23. The van der Waals surface area contributed by atoms with Crippen LogP contribution in [0, 0.1) is 13.8 Å². The predicted molar refractivity (Wildman–Crippen MR) is 145 cm³/mol. The van der Waals surface area contributed by atoms with Crippen molar-refractivity contribution in [1.29, 1.82) is 0 Å². The van der Waals surface area contributed by atoms with Gasteiger partial charge in [0.15, 0.2) is 0 Å². The van der Waals surface area contributed by atoms with E-state index in [9.17, 15) is 9.59 Å². The minimum absolute atomic E-state index is 0.0104. The smallest absolute Gasteiger partial charge is 0.255 e. The number of hydrogen-bond donors (Lipinski definition) is 0. The van der Waals surface area contributed by atoms with Gasteiger partial charge in [-0.2, -0.15) is 0 Å². The SMILES string of the molecule is Cc1nc(-c2cc(C(=O)N3CCN(CC(=O)N(C)c4ccccc4)CC3)c(C)n2Cc2ccco2)cs1. The minimum atomic E-state index is 0.0104.